The largest absolute Gasteiger partial charge is 0.494 e. The number of rotatable bonds is 11. The number of anilines is 1. The molecule has 0 spiro atoms. The maximum Gasteiger partial charge on any atom is 0.340 e. The van der Waals surface area contributed by atoms with Gasteiger partial charge < -0.3 is 13.9 Å². The highest BCUT2D eigenvalue weighted by molar-refractivity contribution is 7.89. The third-order valence-electron chi connectivity index (χ3n) is 7.22. The van der Waals surface area contributed by atoms with Crippen molar-refractivity contribution in [1.82, 2.24) is 4.31 Å². The Hall–Kier alpha value is -4.35. The van der Waals surface area contributed by atoms with E-state index in [9.17, 15) is 18.0 Å². The van der Waals surface area contributed by atoms with E-state index in [1.54, 1.807) is 67.6 Å². The van der Waals surface area contributed by atoms with Crippen molar-refractivity contribution in [3.05, 3.63) is 129 Å². The maximum absolute atomic E-state index is 13.8. The highest BCUT2D eigenvalue weighted by Crippen LogP contribution is 2.36. The molecule has 238 valence electrons. The maximum atomic E-state index is 13.8. The topological polar surface area (TPSA) is 106 Å². The van der Waals surface area contributed by atoms with E-state index >= 15 is 0 Å². The van der Waals surface area contributed by atoms with Crippen molar-refractivity contribution >= 4 is 56.9 Å². The number of esters is 1. The van der Waals surface area contributed by atoms with Crippen LogP contribution in [0.25, 0.3) is 6.08 Å². The van der Waals surface area contributed by atoms with E-state index in [0.29, 0.717) is 45.1 Å². The fraction of sp³-hybridized carbons (Fsp3) is 0.176. The zero-order chi connectivity index (χ0) is 33.0. The summed E-state index contributed by atoms with van der Waals surface area (Å²) < 4.78 is 45.3. The molecule has 0 aliphatic carbocycles. The average Bonchev–Trinajstić information content (AvgIpc) is 3.58. The molecule has 0 bridgehead atoms. The smallest absolute Gasteiger partial charge is 0.340 e. The van der Waals surface area contributed by atoms with Crippen molar-refractivity contribution in [3.63, 3.8) is 0 Å². The van der Waals surface area contributed by atoms with Gasteiger partial charge in [0.25, 0.3) is 5.91 Å². The molecule has 0 N–H and O–H groups in total. The van der Waals surface area contributed by atoms with E-state index in [1.807, 2.05) is 6.92 Å². The predicted octanol–water partition coefficient (Wildman–Crippen LogP) is 7.25. The van der Waals surface area contributed by atoms with Crippen LogP contribution in [0.15, 0.2) is 111 Å². The number of halogens is 2. The van der Waals surface area contributed by atoms with Crippen molar-refractivity contribution in [3.8, 4) is 5.75 Å². The van der Waals surface area contributed by atoms with Crippen LogP contribution in [0.1, 0.15) is 30.9 Å². The molecule has 0 fully saturated rings. The Morgan fingerprint density at radius 1 is 0.913 bits per heavy atom. The zero-order valence-electron chi connectivity index (χ0n) is 25.2. The van der Waals surface area contributed by atoms with E-state index in [0.717, 1.165) is 0 Å². The molecule has 1 aliphatic rings. The normalized spacial score (nSPS) is 14.4. The van der Waals surface area contributed by atoms with E-state index in [4.69, 9.17) is 37.1 Å². The summed E-state index contributed by atoms with van der Waals surface area (Å²) in [5, 5.41) is 0.933. The fourth-order valence-electron chi connectivity index (χ4n) is 5.00. The lowest BCUT2D eigenvalue weighted by Gasteiger charge is -2.21. The molecule has 0 radical (unpaired) electrons. The van der Waals surface area contributed by atoms with Crippen molar-refractivity contribution in [2.24, 2.45) is 0 Å². The zero-order valence-corrected chi connectivity index (χ0v) is 27.5. The van der Waals surface area contributed by atoms with Crippen LogP contribution in [0.4, 0.5) is 5.69 Å². The van der Waals surface area contributed by atoms with Gasteiger partial charge in [-0.15, -0.1) is 0 Å². The lowest BCUT2D eigenvalue weighted by molar-refractivity contribution is -0.136. The second kappa shape index (κ2) is 14.0. The monoisotopic (exact) mass is 680 g/mol. The van der Waals surface area contributed by atoms with E-state index in [-0.39, 0.29) is 34.9 Å². The van der Waals surface area contributed by atoms with Crippen LogP contribution in [-0.2, 0) is 37.4 Å². The quantitative estimate of drug-likeness (QED) is 0.121. The summed E-state index contributed by atoms with van der Waals surface area (Å²) in [5.41, 5.74) is 1.81. The SMILES string of the molecule is CCOc1ccc(N2C(=O)/C(=C\c3ccc(CN(Cc4ccc(Cl)cc4)S(=O)(=O)c4ccc(Cl)cc4)o3)C(C(=O)OC)=C2C)cc1. The summed E-state index contributed by atoms with van der Waals surface area (Å²) in [4.78, 5) is 28.1. The Bertz CT molecular complexity index is 1920. The fourth-order valence-corrected chi connectivity index (χ4v) is 6.64. The van der Waals surface area contributed by atoms with Crippen LogP contribution in [0.5, 0.6) is 5.75 Å². The molecule has 4 aromatic rings. The number of methoxy groups -OCH3 is 1. The number of benzene rings is 3. The summed E-state index contributed by atoms with van der Waals surface area (Å²) in [6, 6.07) is 22.9. The van der Waals surface area contributed by atoms with Gasteiger partial charge in [-0.2, -0.15) is 4.31 Å². The molecule has 46 heavy (non-hydrogen) atoms. The van der Waals surface area contributed by atoms with Gasteiger partial charge in [-0.25, -0.2) is 13.2 Å². The lowest BCUT2D eigenvalue weighted by Crippen LogP contribution is -2.30. The second-order valence-corrected chi connectivity index (χ2v) is 13.0. The first kappa shape index (κ1) is 33.0. The third kappa shape index (κ3) is 7.05. The van der Waals surface area contributed by atoms with Crippen LogP contribution in [0.3, 0.4) is 0 Å². The minimum absolute atomic E-state index is 0.0310. The van der Waals surface area contributed by atoms with E-state index in [1.165, 1.54) is 46.7 Å². The summed E-state index contributed by atoms with van der Waals surface area (Å²) in [6.45, 7) is 3.94. The van der Waals surface area contributed by atoms with Gasteiger partial charge >= 0.3 is 5.97 Å². The highest BCUT2D eigenvalue weighted by atomic mass is 35.5. The third-order valence-corrected chi connectivity index (χ3v) is 9.53. The molecule has 0 unspecified atom stereocenters. The molecule has 0 saturated heterocycles. The van der Waals surface area contributed by atoms with Crippen LogP contribution >= 0.6 is 23.2 Å². The number of sulfonamides is 1. The highest BCUT2D eigenvalue weighted by Gasteiger charge is 2.38. The summed E-state index contributed by atoms with van der Waals surface area (Å²) in [5.74, 6) is 0.0777. The molecule has 2 heterocycles. The Balaban J connectivity index is 1.46. The van der Waals surface area contributed by atoms with Gasteiger partial charge in [0.05, 0.1) is 36.3 Å². The number of nitrogens with zero attached hydrogens (tertiary/aromatic N) is 2. The van der Waals surface area contributed by atoms with Gasteiger partial charge in [0.2, 0.25) is 10.0 Å². The van der Waals surface area contributed by atoms with Gasteiger partial charge in [-0.3, -0.25) is 9.69 Å². The first-order valence-corrected chi connectivity index (χ1v) is 16.4. The molecular weight excluding hydrogens is 651 g/mol. The van der Waals surface area contributed by atoms with Gasteiger partial charge in [0.1, 0.15) is 17.3 Å². The van der Waals surface area contributed by atoms with Crippen molar-refractivity contribution in [1.29, 1.82) is 0 Å². The van der Waals surface area contributed by atoms with Crippen molar-refractivity contribution < 1.29 is 31.9 Å². The van der Waals surface area contributed by atoms with Crippen molar-refractivity contribution in [2.75, 3.05) is 18.6 Å². The first-order chi connectivity index (χ1) is 22.0. The van der Waals surface area contributed by atoms with E-state index in [2.05, 4.69) is 0 Å². The molecule has 0 saturated carbocycles. The molecular formula is C34H30Cl2N2O7S. The molecule has 1 amide bonds. The number of furan rings is 1. The standard InChI is InChI=1S/C34H30Cl2N2O7S/c1-4-44-27-13-11-26(12-14-27)38-22(2)32(34(40)43-3)31(33(38)39)19-28-15-16-29(45-28)21-37(20-23-5-7-24(35)8-6-23)46(41,42)30-17-9-25(36)10-18-30/h5-19H,4,20-21H2,1-3H3/b31-19-. The van der Waals surface area contributed by atoms with Crippen LogP contribution in [0, 0.1) is 0 Å². The molecule has 9 nitrogen and oxygen atoms in total. The Kier molecular flexibility index (Phi) is 10.0. The van der Waals surface area contributed by atoms with Crippen LogP contribution < -0.4 is 9.64 Å². The summed E-state index contributed by atoms with van der Waals surface area (Å²) >= 11 is 12.0. The Labute approximate surface area is 277 Å². The number of ether oxygens (including phenoxy) is 2. The number of carbonyl (C=O) groups is 2. The predicted molar refractivity (Wildman–Crippen MR) is 176 cm³/mol. The Morgan fingerprint density at radius 3 is 2.15 bits per heavy atom. The number of allylic oxidation sites excluding steroid dienone is 1. The average molecular weight is 682 g/mol. The second-order valence-electron chi connectivity index (χ2n) is 10.2. The van der Waals surface area contributed by atoms with Crippen LogP contribution in [-0.4, -0.2) is 38.3 Å². The number of hydrogen-bond acceptors (Lipinski definition) is 7. The minimum Gasteiger partial charge on any atom is -0.494 e. The molecule has 1 aliphatic heterocycles. The van der Waals surface area contributed by atoms with Crippen molar-refractivity contribution in [2.45, 2.75) is 31.8 Å². The number of carbonyl (C=O) groups excluding carboxylic acids is 2. The minimum atomic E-state index is -3.99. The molecule has 3 aromatic carbocycles. The number of amides is 1. The van der Waals surface area contributed by atoms with Gasteiger partial charge in [0, 0.05) is 28.0 Å². The molecule has 5 rings (SSSR count). The van der Waals surface area contributed by atoms with Gasteiger partial charge in [-0.05, 0) is 98.3 Å². The Morgan fingerprint density at radius 2 is 1.54 bits per heavy atom. The van der Waals surface area contributed by atoms with Crippen LogP contribution in [0.2, 0.25) is 10.0 Å². The first-order valence-electron chi connectivity index (χ1n) is 14.2. The summed E-state index contributed by atoms with van der Waals surface area (Å²) in [6.07, 6.45) is 1.45. The number of hydrogen-bond donors (Lipinski definition) is 0. The molecule has 12 heteroatoms. The molecule has 0 atom stereocenters. The van der Waals surface area contributed by atoms with Gasteiger partial charge in [-0.1, -0.05) is 35.3 Å². The molecule has 1 aromatic heterocycles. The van der Waals surface area contributed by atoms with E-state index < -0.39 is 21.9 Å². The van der Waals surface area contributed by atoms with Gasteiger partial charge in [0.15, 0.2) is 0 Å². The summed E-state index contributed by atoms with van der Waals surface area (Å²) in [7, 11) is -2.75. The lowest BCUT2D eigenvalue weighted by atomic mass is 10.1.